The van der Waals surface area contributed by atoms with Gasteiger partial charge in [0.1, 0.15) is 5.82 Å². The van der Waals surface area contributed by atoms with Gasteiger partial charge in [-0.15, -0.1) is 0 Å². The molecule has 0 aliphatic carbocycles. The van der Waals surface area contributed by atoms with E-state index in [-0.39, 0.29) is 11.5 Å². The Morgan fingerprint density at radius 1 is 1.50 bits per heavy atom. The predicted octanol–water partition coefficient (Wildman–Crippen LogP) is 1.56. The molecular formula is C11H15FN2. The summed E-state index contributed by atoms with van der Waals surface area (Å²) in [5.41, 5.74) is 6.69. The first-order valence-corrected chi connectivity index (χ1v) is 5.00. The van der Waals surface area contributed by atoms with E-state index in [1.165, 1.54) is 6.42 Å². The first kappa shape index (κ1) is 9.46. The zero-order chi connectivity index (χ0) is 9.97. The van der Waals surface area contributed by atoms with Gasteiger partial charge in [-0.05, 0) is 49.5 Å². The van der Waals surface area contributed by atoms with E-state index in [2.05, 4.69) is 5.32 Å². The minimum absolute atomic E-state index is 0.235. The molecule has 1 fully saturated rings. The Balaban J connectivity index is 2.05. The molecule has 2 nitrogen and oxygen atoms in total. The minimum Gasteiger partial charge on any atom is -0.396 e. The van der Waals surface area contributed by atoms with Crippen LogP contribution in [0, 0.1) is 11.7 Å². The van der Waals surface area contributed by atoms with E-state index in [0.29, 0.717) is 5.92 Å². The van der Waals surface area contributed by atoms with Crippen molar-refractivity contribution in [3.63, 3.8) is 0 Å². The fraction of sp³-hybridized carbons (Fsp3) is 0.455. The van der Waals surface area contributed by atoms with E-state index in [0.717, 1.165) is 25.1 Å². The summed E-state index contributed by atoms with van der Waals surface area (Å²) in [7, 11) is 0. The Bertz CT molecular complexity index is 319. The Kier molecular flexibility index (Phi) is 2.68. The minimum atomic E-state index is -0.298. The second kappa shape index (κ2) is 3.96. The van der Waals surface area contributed by atoms with E-state index in [9.17, 15) is 4.39 Å². The van der Waals surface area contributed by atoms with Gasteiger partial charge in [0.25, 0.3) is 0 Å². The van der Waals surface area contributed by atoms with Gasteiger partial charge in [0.15, 0.2) is 0 Å². The molecule has 76 valence electrons. The van der Waals surface area contributed by atoms with Crippen molar-refractivity contribution >= 4 is 5.69 Å². The second-order valence-electron chi connectivity index (χ2n) is 3.92. The number of hydrogen-bond donors (Lipinski definition) is 2. The Labute approximate surface area is 83.3 Å². The van der Waals surface area contributed by atoms with Crippen LogP contribution in [0.1, 0.15) is 12.0 Å². The van der Waals surface area contributed by atoms with Gasteiger partial charge in [-0.2, -0.15) is 0 Å². The molecule has 1 aromatic carbocycles. The van der Waals surface area contributed by atoms with Gasteiger partial charge >= 0.3 is 0 Å². The number of benzene rings is 1. The lowest BCUT2D eigenvalue weighted by Crippen LogP contribution is -2.10. The molecule has 0 spiro atoms. The van der Waals surface area contributed by atoms with Crippen LogP contribution in [-0.2, 0) is 6.42 Å². The fourth-order valence-electron chi connectivity index (χ4n) is 1.92. The van der Waals surface area contributed by atoms with Crippen molar-refractivity contribution in [1.29, 1.82) is 0 Å². The third-order valence-corrected chi connectivity index (χ3v) is 2.75. The average molecular weight is 194 g/mol. The van der Waals surface area contributed by atoms with Crippen molar-refractivity contribution in [1.82, 2.24) is 5.32 Å². The van der Waals surface area contributed by atoms with E-state index >= 15 is 0 Å². The van der Waals surface area contributed by atoms with Crippen LogP contribution >= 0.6 is 0 Å². The molecule has 0 bridgehead atoms. The van der Waals surface area contributed by atoms with E-state index in [4.69, 9.17) is 5.73 Å². The summed E-state index contributed by atoms with van der Waals surface area (Å²) in [5, 5.41) is 3.30. The molecule has 0 amide bonds. The molecule has 0 aromatic heterocycles. The Morgan fingerprint density at radius 3 is 3.00 bits per heavy atom. The molecule has 1 aliphatic rings. The summed E-state index contributed by atoms with van der Waals surface area (Å²) >= 11 is 0. The zero-order valence-electron chi connectivity index (χ0n) is 8.09. The molecule has 1 unspecified atom stereocenters. The lowest BCUT2D eigenvalue weighted by atomic mass is 9.98. The van der Waals surface area contributed by atoms with E-state index < -0.39 is 0 Å². The number of anilines is 1. The predicted molar refractivity (Wildman–Crippen MR) is 55.5 cm³/mol. The van der Waals surface area contributed by atoms with Crippen molar-refractivity contribution in [3.8, 4) is 0 Å². The molecule has 3 heteroatoms. The van der Waals surface area contributed by atoms with Crippen molar-refractivity contribution in [3.05, 3.63) is 29.6 Å². The molecule has 3 N–H and O–H groups in total. The van der Waals surface area contributed by atoms with Crippen molar-refractivity contribution < 1.29 is 4.39 Å². The highest BCUT2D eigenvalue weighted by atomic mass is 19.1. The van der Waals surface area contributed by atoms with Crippen LogP contribution in [0.25, 0.3) is 0 Å². The second-order valence-corrected chi connectivity index (χ2v) is 3.92. The average Bonchev–Trinajstić information content (AvgIpc) is 2.64. The third-order valence-electron chi connectivity index (χ3n) is 2.75. The highest BCUT2D eigenvalue weighted by Gasteiger charge is 2.15. The number of nitrogens with two attached hydrogens (primary N) is 1. The van der Waals surface area contributed by atoms with Gasteiger partial charge in [-0.3, -0.25) is 0 Å². The molecule has 0 radical (unpaired) electrons. The fourth-order valence-corrected chi connectivity index (χ4v) is 1.92. The lowest BCUT2D eigenvalue weighted by Gasteiger charge is -2.08. The maximum atomic E-state index is 13.1. The van der Waals surface area contributed by atoms with E-state index in [1.807, 2.05) is 6.07 Å². The van der Waals surface area contributed by atoms with Crippen LogP contribution in [0.3, 0.4) is 0 Å². The molecule has 1 aliphatic heterocycles. The van der Waals surface area contributed by atoms with Crippen LogP contribution < -0.4 is 11.1 Å². The normalized spacial score (nSPS) is 21.4. The first-order valence-electron chi connectivity index (χ1n) is 5.00. The molecule has 2 rings (SSSR count). The quantitative estimate of drug-likeness (QED) is 0.701. The number of hydrogen-bond acceptors (Lipinski definition) is 2. The number of nitrogen functional groups attached to an aromatic ring is 1. The largest absolute Gasteiger partial charge is 0.396 e. The van der Waals surface area contributed by atoms with Gasteiger partial charge in [0.2, 0.25) is 0 Å². The van der Waals surface area contributed by atoms with Crippen molar-refractivity contribution in [2.75, 3.05) is 18.8 Å². The van der Waals surface area contributed by atoms with Crippen LogP contribution in [0.2, 0.25) is 0 Å². The van der Waals surface area contributed by atoms with Gasteiger partial charge < -0.3 is 11.1 Å². The topological polar surface area (TPSA) is 38.0 Å². The Morgan fingerprint density at radius 2 is 2.36 bits per heavy atom. The third kappa shape index (κ3) is 2.04. The van der Waals surface area contributed by atoms with Gasteiger partial charge in [-0.25, -0.2) is 4.39 Å². The lowest BCUT2D eigenvalue weighted by molar-refractivity contribution is 0.574. The summed E-state index contributed by atoms with van der Waals surface area (Å²) in [6.07, 6.45) is 2.14. The smallest absolute Gasteiger partial charge is 0.146 e. The highest BCUT2D eigenvalue weighted by Crippen LogP contribution is 2.18. The van der Waals surface area contributed by atoms with Crippen LogP contribution in [0.5, 0.6) is 0 Å². The summed E-state index contributed by atoms with van der Waals surface area (Å²) in [4.78, 5) is 0. The van der Waals surface area contributed by atoms with Gasteiger partial charge in [-0.1, -0.05) is 6.07 Å². The van der Waals surface area contributed by atoms with Gasteiger partial charge in [0.05, 0.1) is 5.69 Å². The molecular weight excluding hydrogens is 179 g/mol. The SMILES string of the molecule is Nc1ccc(CC2CCNC2)cc1F. The summed E-state index contributed by atoms with van der Waals surface area (Å²) < 4.78 is 13.1. The zero-order valence-corrected chi connectivity index (χ0v) is 8.09. The Hall–Kier alpha value is -1.09. The van der Waals surface area contributed by atoms with Crippen LogP contribution in [0.15, 0.2) is 18.2 Å². The summed E-state index contributed by atoms with van der Waals surface area (Å²) in [5.74, 6) is 0.353. The van der Waals surface area contributed by atoms with Crippen molar-refractivity contribution in [2.24, 2.45) is 5.92 Å². The molecule has 14 heavy (non-hydrogen) atoms. The van der Waals surface area contributed by atoms with Crippen molar-refractivity contribution in [2.45, 2.75) is 12.8 Å². The standard InChI is InChI=1S/C11H15FN2/c12-10-6-8(1-2-11(10)13)5-9-3-4-14-7-9/h1-2,6,9,14H,3-5,7,13H2. The van der Waals surface area contributed by atoms with E-state index in [1.54, 1.807) is 12.1 Å². The molecule has 1 saturated heterocycles. The molecule has 1 aromatic rings. The molecule has 1 heterocycles. The maximum absolute atomic E-state index is 13.1. The maximum Gasteiger partial charge on any atom is 0.146 e. The number of halogens is 1. The molecule has 1 atom stereocenters. The van der Waals surface area contributed by atoms with Gasteiger partial charge in [0, 0.05) is 0 Å². The molecule has 0 saturated carbocycles. The summed E-state index contributed by atoms with van der Waals surface area (Å²) in [6, 6.07) is 5.11. The summed E-state index contributed by atoms with van der Waals surface area (Å²) in [6.45, 7) is 2.13. The monoisotopic (exact) mass is 194 g/mol. The highest BCUT2D eigenvalue weighted by molar-refractivity contribution is 5.41. The number of nitrogens with one attached hydrogen (secondary N) is 1. The number of rotatable bonds is 2. The van der Waals surface area contributed by atoms with Crippen LogP contribution in [0.4, 0.5) is 10.1 Å². The van der Waals surface area contributed by atoms with Crippen LogP contribution in [-0.4, -0.2) is 13.1 Å². The first-order chi connectivity index (χ1) is 6.75.